The van der Waals surface area contributed by atoms with E-state index < -0.39 is 0 Å². The molecule has 0 bridgehead atoms. The average Bonchev–Trinajstić information content (AvgIpc) is 3.34. The number of hydrogen-bond acceptors (Lipinski definition) is 6. The first-order valence-electron chi connectivity index (χ1n) is 11.3. The first-order chi connectivity index (χ1) is 17.6. The monoisotopic (exact) mass is 500 g/mol. The van der Waals surface area contributed by atoms with Crippen LogP contribution in [0, 0.1) is 11.8 Å². The molecular formula is C26H21ClN6O3. The number of carbonyl (C=O) groups excluding carboxylic acids is 2. The highest BCUT2D eigenvalue weighted by molar-refractivity contribution is 6.29. The summed E-state index contributed by atoms with van der Waals surface area (Å²) in [6, 6.07) is 14.6. The van der Waals surface area contributed by atoms with Gasteiger partial charge in [-0.3, -0.25) is 9.59 Å². The van der Waals surface area contributed by atoms with Gasteiger partial charge in [0.2, 0.25) is 5.91 Å². The van der Waals surface area contributed by atoms with Crippen molar-refractivity contribution in [1.82, 2.24) is 24.5 Å². The minimum Gasteiger partial charge on any atom is -0.378 e. The number of benzene rings is 1. The number of amides is 2. The van der Waals surface area contributed by atoms with Gasteiger partial charge in [0.15, 0.2) is 5.65 Å². The summed E-state index contributed by atoms with van der Waals surface area (Å²) in [4.78, 5) is 34.5. The Balaban J connectivity index is 1.37. The average molecular weight is 501 g/mol. The number of alkyl halides is 1. The molecule has 0 unspecified atom stereocenters. The largest absolute Gasteiger partial charge is 0.378 e. The molecule has 0 radical (unpaired) electrons. The Bertz CT molecular complexity index is 1480. The third-order valence-electron chi connectivity index (χ3n) is 5.57. The summed E-state index contributed by atoms with van der Waals surface area (Å²) >= 11 is 5.53. The molecule has 36 heavy (non-hydrogen) atoms. The molecule has 0 spiro atoms. The maximum Gasteiger partial charge on any atom is 0.254 e. The van der Waals surface area contributed by atoms with Crippen molar-refractivity contribution in [3.63, 3.8) is 0 Å². The lowest BCUT2D eigenvalue weighted by Crippen LogP contribution is -2.40. The van der Waals surface area contributed by atoms with Gasteiger partial charge in [-0.25, -0.2) is 14.5 Å². The minimum absolute atomic E-state index is 0.00178. The molecule has 10 heteroatoms. The van der Waals surface area contributed by atoms with Crippen molar-refractivity contribution in [2.45, 2.75) is 0 Å². The Morgan fingerprint density at radius 3 is 2.61 bits per heavy atom. The first kappa shape index (κ1) is 23.5. The molecule has 1 aromatic carbocycles. The zero-order chi connectivity index (χ0) is 24.9. The number of aromatic nitrogens is 4. The van der Waals surface area contributed by atoms with Gasteiger partial charge in [-0.05, 0) is 42.3 Å². The topological polar surface area (TPSA) is 102 Å². The van der Waals surface area contributed by atoms with Crippen LogP contribution in [0.25, 0.3) is 16.9 Å². The maximum absolute atomic E-state index is 12.7. The number of hydrogen-bond donors (Lipinski definition) is 1. The van der Waals surface area contributed by atoms with Gasteiger partial charge in [-0.2, -0.15) is 5.10 Å². The summed E-state index contributed by atoms with van der Waals surface area (Å²) in [6.45, 7) is 2.34. The van der Waals surface area contributed by atoms with Gasteiger partial charge < -0.3 is 15.0 Å². The molecule has 5 rings (SSSR count). The van der Waals surface area contributed by atoms with E-state index in [2.05, 4.69) is 27.1 Å². The quantitative estimate of drug-likeness (QED) is 0.341. The summed E-state index contributed by atoms with van der Waals surface area (Å²) < 4.78 is 7.00. The number of anilines is 1. The second-order valence-corrected chi connectivity index (χ2v) is 8.24. The summed E-state index contributed by atoms with van der Waals surface area (Å²) in [5, 5.41) is 7.31. The predicted molar refractivity (Wildman–Crippen MR) is 135 cm³/mol. The third-order valence-corrected chi connectivity index (χ3v) is 5.81. The van der Waals surface area contributed by atoms with Gasteiger partial charge in [-0.15, -0.1) is 11.6 Å². The fourth-order valence-corrected chi connectivity index (χ4v) is 3.80. The minimum atomic E-state index is -0.341. The molecular weight excluding hydrogens is 480 g/mol. The van der Waals surface area contributed by atoms with Crippen molar-refractivity contribution in [3.05, 3.63) is 77.7 Å². The molecule has 1 aliphatic heterocycles. The lowest BCUT2D eigenvalue weighted by molar-refractivity contribution is -0.113. The van der Waals surface area contributed by atoms with Crippen LogP contribution in [0.5, 0.6) is 0 Å². The smallest absolute Gasteiger partial charge is 0.254 e. The van der Waals surface area contributed by atoms with Gasteiger partial charge in [0, 0.05) is 36.0 Å². The highest BCUT2D eigenvalue weighted by Crippen LogP contribution is 2.20. The Morgan fingerprint density at radius 1 is 1.03 bits per heavy atom. The van der Waals surface area contributed by atoms with E-state index in [1.807, 2.05) is 36.4 Å². The number of fused-ring (bicyclic) bond motifs is 1. The molecule has 9 nitrogen and oxygen atoms in total. The van der Waals surface area contributed by atoms with Crippen molar-refractivity contribution >= 4 is 34.9 Å². The van der Waals surface area contributed by atoms with Crippen LogP contribution in [0.15, 0.2) is 60.9 Å². The van der Waals surface area contributed by atoms with E-state index in [0.717, 1.165) is 11.3 Å². The highest BCUT2D eigenvalue weighted by atomic mass is 35.5. The van der Waals surface area contributed by atoms with Crippen LogP contribution in [0.2, 0.25) is 0 Å². The van der Waals surface area contributed by atoms with Gasteiger partial charge in [0.05, 0.1) is 25.1 Å². The van der Waals surface area contributed by atoms with Crippen LogP contribution in [-0.2, 0) is 9.53 Å². The number of carbonyl (C=O) groups is 2. The van der Waals surface area contributed by atoms with Crippen LogP contribution in [0.1, 0.15) is 21.6 Å². The molecule has 4 aromatic rings. The molecule has 0 aliphatic carbocycles. The molecule has 3 aromatic heterocycles. The number of nitrogens with one attached hydrogen (secondary N) is 1. The van der Waals surface area contributed by atoms with E-state index in [9.17, 15) is 9.59 Å². The zero-order valence-corrected chi connectivity index (χ0v) is 19.9. The van der Waals surface area contributed by atoms with E-state index in [1.165, 1.54) is 0 Å². The molecule has 1 fully saturated rings. The van der Waals surface area contributed by atoms with Crippen molar-refractivity contribution in [3.8, 4) is 23.1 Å². The molecule has 1 saturated heterocycles. The molecule has 1 N–H and O–H groups in total. The number of nitrogens with zero attached hydrogens (tertiary/aromatic N) is 5. The fourth-order valence-electron chi connectivity index (χ4n) is 3.73. The van der Waals surface area contributed by atoms with Crippen LogP contribution in [0.3, 0.4) is 0 Å². The summed E-state index contributed by atoms with van der Waals surface area (Å²) in [6.07, 6.45) is 3.22. The zero-order valence-electron chi connectivity index (χ0n) is 19.1. The third kappa shape index (κ3) is 5.20. The molecule has 4 heterocycles. The number of halogens is 1. The number of morpholine rings is 1. The normalized spacial score (nSPS) is 13.2. The van der Waals surface area contributed by atoms with Crippen LogP contribution >= 0.6 is 11.6 Å². The summed E-state index contributed by atoms with van der Waals surface area (Å²) in [7, 11) is 0. The number of pyridine rings is 1. The van der Waals surface area contributed by atoms with Crippen molar-refractivity contribution in [1.29, 1.82) is 0 Å². The van der Waals surface area contributed by atoms with E-state index in [-0.39, 0.29) is 17.7 Å². The first-order valence-corrected chi connectivity index (χ1v) is 11.8. The van der Waals surface area contributed by atoms with Crippen LogP contribution in [0.4, 0.5) is 5.82 Å². The second kappa shape index (κ2) is 10.6. The van der Waals surface area contributed by atoms with E-state index in [0.29, 0.717) is 54.6 Å². The molecule has 0 atom stereocenters. The number of ether oxygens (including phenoxy) is 1. The molecule has 1 aliphatic rings. The van der Waals surface area contributed by atoms with Crippen LogP contribution < -0.4 is 5.32 Å². The van der Waals surface area contributed by atoms with Crippen molar-refractivity contribution in [2.24, 2.45) is 0 Å². The standard InChI is InChI=1S/C26H21ClN6O3/c27-16-25(34)30-23-15-18(9-10-28-23)1-6-21-17-29-24-8-7-22(31-33(21)24)19-2-4-20(5-3-19)26(35)32-11-13-36-14-12-32/h2-5,7-10,15,17H,11-14,16H2,(H,28,30,34). The maximum atomic E-state index is 12.7. The van der Waals surface area contributed by atoms with Crippen LogP contribution in [-0.4, -0.2) is 68.5 Å². The Hall–Kier alpha value is -4.26. The SMILES string of the molecule is O=C(CCl)Nc1cc(C#Cc2cnc3ccc(-c4ccc(C(=O)N5CCOCC5)cc4)nn23)ccn1. The van der Waals surface area contributed by atoms with Crippen molar-refractivity contribution < 1.29 is 14.3 Å². The van der Waals surface area contributed by atoms with E-state index >= 15 is 0 Å². The van der Waals surface area contributed by atoms with Gasteiger partial charge in [0.1, 0.15) is 17.4 Å². The van der Waals surface area contributed by atoms with Gasteiger partial charge >= 0.3 is 0 Å². The Labute approximate surface area is 212 Å². The molecule has 2 amide bonds. The number of rotatable bonds is 4. The van der Waals surface area contributed by atoms with Crippen molar-refractivity contribution in [2.75, 3.05) is 37.5 Å². The highest BCUT2D eigenvalue weighted by Gasteiger charge is 2.18. The van der Waals surface area contributed by atoms with Gasteiger partial charge in [-0.1, -0.05) is 18.1 Å². The van der Waals surface area contributed by atoms with E-state index in [4.69, 9.17) is 21.4 Å². The fraction of sp³-hybridized carbons (Fsp3) is 0.192. The second-order valence-electron chi connectivity index (χ2n) is 7.98. The Morgan fingerprint density at radius 2 is 1.83 bits per heavy atom. The lowest BCUT2D eigenvalue weighted by Gasteiger charge is -2.26. The number of imidazole rings is 1. The Kier molecular flexibility index (Phi) is 6.89. The summed E-state index contributed by atoms with van der Waals surface area (Å²) in [5.74, 6) is 6.02. The van der Waals surface area contributed by atoms with Gasteiger partial charge in [0.25, 0.3) is 5.91 Å². The molecule has 180 valence electrons. The summed E-state index contributed by atoms with van der Waals surface area (Å²) in [5.41, 5.74) is 4.17. The molecule has 0 saturated carbocycles. The predicted octanol–water partition coefficient (Wildman–Crippen LogP) is 2.84. The lowest BCUT2D eigenvalue weighted by atomic mass is 10.1. The van der Waals surface area contributed by atoms with E-state index in [1.54, 1.807) is 33.9 Å².